The summed E-state index contributed by atoms with van der Waals surface area (Å²) in [5.41, 5.74) is 5.52. The van der Waals surface area contributed by atoms with E-state index < -0.39 is 37.2 Å². The van der Waals surface area contributed by atoms with Crippen LogP contribution in [0.15, 0.2) is 4.99 Å². The third kappa shape index (κ3) is 2.31. The Morgan fingerprint density at radius 1 is 1.67 bits per heavy atom. The van der Waals surface area contributed by atoms with Gasteiger partial charge in [0.1, 0.15) is 18.0 Å². The standard InChI is InChI=1S/C9H13FIN3O4/c10-5-6(16)4(2-15)18-8(5)14-1-3(11)7(12)13-9(14)17/h3-6,8,15-16H,1-2H2,(H2,12,13,17)/t3?,4-,5+,6-,8-/m1/s1. The molecule has 7 nitrogen and oxygen atoms in total. The molecule has 9 heteroatoms. The van der Waals surface area contributed by atoms with E-state index in [1.807, 2.05) is 22.6 Å². The van der Waals surface area contributed by atoms with Gasteiger partial charge in [0, 0.05) is 6.54 Å². The molecule has 0 bridgehead atoms. The summed E-state index contributed by atoms with van der Waals surface area (Å²) in [4.78, 5) is 16.3. The third-order valence-electron chi connectivity index (χ3n) is 2.93. The van der Waals surface area contributed by atoms with Crippen molar-refractivity contribution < 1.29 is 24.1 Å². The number of aliphatic imine (C=N–C) groups is 1. The van der Waals surface area contributed by atoms with Crippen molar-refractivity contribution in [3.05, 3.63) is 0 Å². The summed E-state index contributed by atoms with van der Waals surface area (Å²) in [7, 11) is 0. The number of nitrogens with zero attached hydrogens (tertiary/aromatic N) is 2. The largest absolute Gasteiger partial charge is 0.394 e. The molecule has 0 aromatic carbocycles. The lowest BCUT2D eigenvalue weighted by Gasteiger charge is -2.32. The average molecular weight is 373 g/mol. The van der Waals surface area contributed by atoms with Crippen molar-refractivity contribution in [3.8, 4) is 0 Å². The minimum Gasteiger partial charge on any atom is -0.394 e. The molecule has 2 rings (SSSR count). The first kappa shape index (κ1) is 13.9. The summed E-state index contributed by atoms with van der Waals surface area (Å²) in [5.74, 6) is 0.185. The van der Waals surface area contributed by atoms with Crippen LogP contribution in [0.4, 0.5) is 9.18 Å². The number of carbonyl (C=O) groups excluding carboxylic acids is 1. The fourth-order valence-corrected chi connectivity index (χ4v) is 2.47. The molecule has 0 spiro atoms. The van der Waals surface area contributed by atoms with Crippen molar-refractivity contribution in [2.75, 3.05) is 13.2 Å². The Morgan fingerprint density at radius 3 is 2.89 bits per heavy atom. The summed E-state index contributed by atoms with van der Waals surface area (Å²) in [6, 6.07) is -0.696. The molecule has 0 aliphatic carbocycles. The Morgan fingerprint density at radius 2 is 2.33 bits per heavy atom. The van der Waals surface area contributed by atoms with Crippen LogP contribution in [0.3, 0.4) is 0 Å². The number of aliphatic hydroxyl groups excluding tert-OH is 2. The van der Waals surface area contributed by atoms with Gasteiger partial charge in [-0.25, -0.2) is 9.18 Å². The highest BCUT2D eigenvalue weighted by Gasteiger charge is 2.49. The van der Waals surface area contributed by atoms with Gasteiger partial charge in [0.05, 0.1) is 10.5 Å². The lowest BCUT2D eigenvalue weighted by atomic mass is 10.1. The van der Waals surface area contributed by atoms with E-state index in [0.29, 0.717) is 0 Å². The fraction of sp³-hybridized carbons (Fsp3) is 0.778. The monoisotopic (exact) mass is 373 g/mol. The van der Waals surface area contributed by atoms with Crippen LogP contribution in [-0.2, 0) is 4.74 Å². The number of hydrogen-bond acceptors (Lipinski definition) is 5. The van der Waals surface area contributed by atoms with Crippen LogP contribution in [0, 0.1) is 0 Å². The van der Waals surface area contributed by atoms with Gasteiger partial charge in [-0.05, 0) is 0 Å². The molecule has 18 heavy (non-hydrogen) atoms. The molecular weight excluding hydrogens is 360 g/mol. The number of rotatable bonds is 2. The highest BCUT2D eigenvalue weighted by Crippen LogP contribution is 2.28. The molecule has 1 fully saturated rings. The predicted molar refractivity (Wildman–Crippen MR) is 68.2 cm³/mol. The van der Waals surface area contributed by atoms with Crippen LogP contribution in [-0.4, -0.2) is 68.7 Å². The lowest BCUT2D eigenvalue weighted by Crippen LogP contribution is -2.52. The molecule has 102 valence electrons. The SMILES string of the molecule is NC1=NC(=O)N([C@@H]2O[C@H](CO)[C@@H](O)[C@@H]2F)CC1I. The number of halogens is 2. The first-order chi connectivity index (χ1) is 8.45. The third-order valence-corrected chi connectivity index (χ3v) is 3.96. The molecule has 1 saturated heterocycles. The summed E-state index contributed by atoms with van der Waals surface area (Å²) >= 11 is 1.98. The normalized spacial score (nSPS) is 41.1. The Bertz CT molecular complexity index is 383. The highest BCUT2D eigenvalue weighted by atomic mass is 127. The van der Waals surface area contributed by atoms with Gasteiger partial charge in [0.2, 0.25) is 0 Å². The van der Waals surface area contributed by atoms with E-state index in [0.717, 1.165) is 4.90 Å². The van der Waals surface area contributed by atoms with E-state index in [1.165, 1.54) is 0 Å². The summed E-state index contributed by atoms with van der Waals surface area (Å²) < 4.78 is 18.7. The second kappa shape index (κ2) is 5.23. The summed E-state index contributed by atoms with van der Waals surface area (Å²) in [6.45, 7) is -0.357. The van der Waals surface area contributed by atoms with Gasteiger partial charge in [-0.3, -0.25) is 4.90 Å². The van der Waals surface area contributed by atoms with Crippen LogP contribution in [0.1, 0.15) is 0 Å². The second-order valence-corrected chi connectivity index (χ2v) is 5.63. The number of amides is 2. The van der Waals surface area contributed by atoms with Crippen molar-refractivity contribution in [1.82, 2.24) is 4.90 Å². The van der Waals surface area contributed by atoms with E-state index in [4.69, 9.17) is 15.6 Å². The van der Waals surface area contributed by atoms with Gasteiger partial charge in [0.15, 0.2) is 12.4 Å². The first-order valence-corrected chi connectivity index (χ1v) is 6.57. The fourth-order valence-electron chi connectivity index (χ4n) is 1.91. The van der Waals surface area contributed by atoms with Crippen LogP contribution < -0.4 is 5.73 Å². The molecule has 2 aliphatic heterocycles. The molecule has 1 unspecified atom stereocenters. The van der Waals surface area contributed by atoms with Crippen LogP contribution in [0.25, 0.3) is 0 Å². The lowest BCUT2D eigenvalue weighted by molar-refractivity contribution is -0.0689. The number of alkyl halides is 2. The molecule has 2 amide bonds. The second-order valence-electron chi connectivity index (χ2n) is 4.12. The van der Waals surface area contributed by atoms with Gasteiger partial charge in [-0.15, -0.1) is 0 Å². The van der Waals surface area contributed by atoms with Crippen molar-refractivity contribution in [3.63, 3.8) is 0 Å². The number of ether oxygens (including phenoxy) is 1. The predicted octanol–water partition coefficient (Wildman–Crippen LogP) is -1.00. The maximum atomic E-state index is 13.8. The van der Waals surface area contributed by atoms with Crippen LogP contribution in [0.2, 0.25) is 0 Å². The highest BCUT2D eigenvalue weighted by molar-refractivity contribution is 14.1. The average Bonchev–Trinajstić information content (AvgIpc) is 2.61. The Labute approximate surface area is 116 Å². The molecule has 0 saturated carbocycles. The topological polar surface area (TPSA) is 108 Å². The molecule has 0 aromatic heterocycles. The van der Waals surface area contributed by atoms with Gasteiger partial charge in [0.25, 0.3) is 0 Å². The van der Waals surface area contributed by atoms with Crippen molar-refractivity contribution in [2.45, 2.75) is 28.5 Å². The number of hydrogen-bond donors (Lipinski definition) is 3. The molecule has 2 heterocycles. The first-order valence-electron chi connectivity index (χ1n) is 5.33. The summed E-state index contributed by atoms with van der Waals surface area (Å²) in [6.07, 6.45) is -5.50. The van der Waals surface area contributed by atoms with E-state index in [2.05, 4.69) is 4.99 Å². The van der Waals surface area contributed by atoms with Gasteiger partial charge in [-0.2, -0.15) is 4.99 Å². The summed E-state index contributed by atoms with van der Waals surface area (Å²) in [5, 5.41) is 18.4. The maximum Gasteiger partial charge on any atom is 0.347 e. The number of amidine groups is 1. The Balaban J connectivity index is 2.16. The van der Waals surface area contributed by atoms with E-state index in [9.17, 15) is 14.3 Å². The van der Waals surface area contributed by atoms with Crippen LogP contribution in [0.5, 0.6) is 0 Å². The molecular formula is C9H13FIN3O4. The molecule has 4 N–H and O–H groups in total. The molecule has 2 aliphatic rings. The minimum absolute atomic E-state index is 0.157. The number of urea groups is 1. The number of aliphatic hydroxyl groups is 2. The molecule has 0 aromatic rings. The van der Waals surface area contributed by atoms with Crippen molar-refractivity contribution in [2.24, 2.45) is 10.7 Å². The Kier molecular flexibility index (Phi) is 4.04. The number of nitrogens with two attached hydrogens (primary N) is 1. The van der Waals surface area contributed by atoms with Crippen molar-refractivity contribution in [1.29, 1.82) is 0 Å². The van der Waals surface area contributed by atoms with E-state index >= 15 is 0 Å². The quantitative estimate of drug-likeness (QED) is 0.425. The van der Waals surface area contributed by atoms with Crippen LogP contribution >= 0.6 is 22.6 Å². The zero-order valence-electron chi connectivity index (χ0n) is 9.24. The maximum absolute atomic E-state index is 13.8. The van der Waals surface area contributed by atoms with E-state index in [1.54, 1.807) is 0 Å². The van der Waals surface area contributed by atoms with Gasteiger partial charge >= 0.3 is 6.03 Å². The minimum atomic E-state index is -1.77. The Hall–Kier alpha value is -0.520. The number of carbonyl (C=O) groups is 1. The van der Waals surface area contributed by atoms with E-state index in [-0.39, 0.29) is 16.3 Å². The van der Waals surface area contributed by atoms with Crippen molar-refractivity contribution >= 4 is 34.5 Å². The van der Waals surface area contributed by atoms with Gasteiger partial charge in [-0.1, -0.05) is 22.6 Å². The zero-order chi connectivity index (χ0) is 13.4. The molecule has 5 atom stereocenters. The molecule has 0 radical (unpaired) electrons. The zero-order valence-corrected chi connectivity index (χ0v) is 11.4. The smallest absolute Gasteiger partial charge is 0.347 e. The van der Waals surface area contributed by atoms with Gasteiger partial charge < -0.3 is 20.7 Å².